The predicted molar refractivity (Wildman–Crippen MR) is 107 cm³/mol. The number of benzene rings is 1. The van der Waals surface area contributed by atoms with Gasteiger partial charge in [0, 0.05) is 12.2 Å². The van der Waals surface area contributed by atoms with Gasteiger partial charge in [-0.05, 0) is 98.9 Å². The molecule has 5 heteroatoms. The first kappa shape index (κ1) is 17.8. The fourth-order valence-electron chi connectivity index (χ4n) is 6.10. The molecule has 28 heavy (non-hydrogen) atoms. The van der Waals surface area contributed by atoms with Gasteiger partial charge in [0.05, 0.1) is 0 Å². The Kier molecular flexibility index (Phi) is 4.41. The molecule has 1 N–H and O–H groups in total. The molecule has 0 saturated heterocycles. The van der Waals surface area contributed by atoms with Crippen molar-refractivity contribution in [2.45, 2.75) is 58.7 Å². The lowest BCUT2D eigenvalue weighted by molar-refractivity contribution is -0.0120. The van der Waals surface area contributed by atoms with Crippen molar-refractivity contribution in [1.82, 2.24) is 15.1 Å². The molecule has 2 aromatic rings. The van der Waals surface area contributed by atoms with Crippen LogP contribution in [0.5, 0.6) is 5.75 Å². The van der Waals surface area contributed by atoms with E-state index in [1.165, 1.54) is 43.2 Å². The average Bonchev–Trinajstić information content (AvgIpc) is 3.11. The number of nitrogens with zero attached hydrogens (tertiary/aromatic N) is 2. The maximum absolute atomic E-state index is 12.8. The lowest BCUT2D eigenvalue weighted by atomic mass is 9.54. The molecule has 1 aromatic carbocycles. The molecule has 0 aliphatic heterocycles. The number of hydrogen-bond donors (Lipinski definition) is 1. The molecule has 1 aromatic heterocycles. The highest BCUT2D eigenvalue weighted by atomic mass is 16.5. The second-order valence-corrected chi connectivity index (χ2v) is 9.27. The van der Waals surface area contributed by atoms with Crippen molar-refractivity contribution in [2.75, 3.05) is 0 Å². The lowest BCUT2D eigenvalue weighted by Crippen LogP contribution is -2.55. The van der Waals surface area contributed by atoms with Crippen molar-refractivity contribution in [3.63, 3.8) is 0 Å². The Morgan fingerprint density at radius 1 is 1.07 bits per heavy atom. The van der Waals surface area contributed by atoms with E-state index in [-0.39, 0.29) is 5.91 Å². The summed E-state index contributed by atoms with van der Waals surface area (Å²) in [6, 6.07) is 8.27. The molecule has 4 saturated carbocycles. The van der Waals surface area contributed by atoms with Crippen LogP contribution in [0.4, 0.5) is 0 Å². The number of rotatable bonds is 5. The number of amides is 1. The minimum absolute atomic E-state index is 0.0392. The molecule has 1 amide bonds. The third kappa shape index (κ3) is 3.43. The van der Waals surface area contributed by atoms with Gasteiger partial charge < -0.3 is 10.1 Å². The smallest absolute Gasteiger partial charge is 0.272 e. The molecule has 0 atom stereocenters. The van der Waals surface area contributed by atoms with Gasteiger partial charge in [0.2, 0.25) is 0 Å². The Balaban J connectivity index is 1.20. The third-order valence-electron chi connectivity index (χ3n) is 6.96. The maximum Gasteiger partial charge on any atom is 0.272 e. The van der Waals surface area contributed by atoms with Crippen molar-refractivity contribution in [3.8, 4) is 5.75 Å². The quantitative estimate of drug-likeness (QED) is 0.851. The summed E-state index contributed by atoms with van der Waals surface area (Å²) in [5.41, 5.74) is 2.83. The van der Waals surface area contributed by atoms with Gasteiger partial charge in [-0.1, -0.05) is 6.07 Å². The van der Waals surface area contributed by atoms with Crippen LogP contribution in [0.1, 0.15) is 53.7 Å². The molecule has 5 nitrogen and oxygen atoms in total. The molecule has 4 fully saturated rings. The molecule has 0 unspecified atom stereocenters. The summed E-state index contributed by atoms with van der Waals surface area (Å²) in [7, 11) is 0. The van der Waals surface area contributed by atoms with Crippen LogP contribution in [0.3, 0.4) is 0 Å². The summed E-state index contributed by atoms with van der Waals surface area (Å²) in [5.74, 6) is 3.97. The largest absolute Gasteiger partial charge is 0.471 e. The lowest BCUT2D eigenvalue weighted by Gasteiger charge is -2.54. The first-order valence-electron chi connectivity index (χ1n) is 10.6. The van der Waals surface area contributed by atoms with Crippen molar-refractivity contribution < 1.29 is 9.53 Å². The number of carbonyl (C=O) groups excluding carboxylic acids is 1. The van der Waals surface area contributed by atoms with Gasteiger partial charge >= 0.3 is 0 Å². The fraction of sp³-hybridized carbons (Fsp3) is 0.565. The standard InChI is InChI=1S/C23H29N3O2/c1-14-5-15(2)7-20(6-14)28-13-26-4-3-21(25-26)23(27)24-22-18-9-16-8-17(11-18)12-19(22)10-16/h3-7,16-19,22H,8-13H2,1-2H3,(H,24,27). The zero-order valence-corrected chi connectivity index (χ0v) is 16.7. The fourth-order valence-corrected chi connectivity index (χ4v) is 6.10. The van der Waals surface area contributed by atoms with Crippen LogP contribution in [0, 0.1) is 37.5 Å². The molecular formula is C23H29N3O2. The highest BCUT2D eigenvalue weighted by Gasteiger charge is 2.48. The van der Waals surface area contributed by atoms with Crippen LogP contribution in [0.25, 0.3) is 0 Å². The summed E-state index contributed by atoms with van der Waals surface area (Å²) >= 11 is 0. The van der Waals surface area contributed by atoms with E-state index in [2.05, 4.69) is 30.3 Å². The van der Waals surface area contributed by atoms with Crippen molar-refractivity contribution in [3.05, 3.63) is 47.3 Å². The van der Waals surface area contributed by atoms with Gasteiger partial charge in [-0.2, -0.15) is 5.10 Å². The van der Waals surface area contributed by atoms with E-state index >= 15 is 0 Å². The normalized spacial score (nSPS) is 30.4. The molecule has 4 bridgehead atoms. The van der Waals surface area contributed by atoms with Gasteiger partial charge in [0.1, 0.15) is 11.4 Å². The van der Waals surface area contributed by atoms with Gasteiger partial charge in [-0.15, -0.1) is 0 Å². The molecule has 148 valence electrons. The van der Waals surface area contributed by atoms with Crippen LogP contribution < -0.4 is 10.1 Å². The molecule has 4 aliphatic carbocycles. The predicted octanol–water partition coefficient (Wildman–Crippen LogP) is 4.09. The van der Waals surface area contributed by atoms with Gasteiger partial charge in [0.25, 0.3) is 5.91 Å². The molecular weight excluding hydrogens is 350 g/mol. The number of nitrogens with one attached hydrogen (secondary N) is 1. The van der Waals surface area contributed by atoms with E-state index in [0.29, 0.717) is 30.3 Å². The first-order chi connectivity index (χ1) is 13.5. The van der Waals surface area contributed by atoms with E-state index in [0.717, 1.165) is 17.6 Å². The van der Waals surface area contributed by atoms with Gasteiger partial charge in [-0.3, -0.25) is 4.79 Å². The van der Waals surface area contributed by atoms with Crippen LogP contribution in [0.2, 0.25) is 0 Å². The van der Waals surface area contributed by atoms with E-state index < -0.39 is 0 Å². The van der Waals surface area contributed by atoms with Crippen molar-refractivity contribution >= 4 is 5.91 Å². The summed E-state index contributed by atoms with van der Waals surface area (Å²) in [5, 5.41) is 7.76. The third-order valence-corrected chi connectivity index (χ3v) is 6.96. The number of aromatic nitrogens is 2. The summed E-state index contributed by atoms with van der Waals surface area (Å²) in [4.78, 5) is 12.8. The van der Waals surface area contributed by atoms with Crippen LogP contribution in [0.15, 0.2) is 30.5 Å². The second-order valence-electron chi connectivity index (χ2n) is 9.27. The minimum atomic E-state index is -0.0392. The Labute approximate surface area is 166 Å². The molecule has 6 rings (SSSR count). The van der Waals surface area contributed by atoms with Crippen molar-refractivity contribution in [1.29, 1.82) is 0 Å². The molecule has 0 radical (unpaired) electrons. The zero-order chi connectivity index (χ0) is 19.3. The van der Waals surface area contributed by atoms with E-state index in [9.17, 15) is 4.79 Å². The van der Waals surface area contributed by atoms with Gasteiger partial charge in [0.15, 0.2) is 6.73 Å². The van der Waals surface area contributed by atoms with E-state index in [1.807, 2.05) is 18.3 Å². The minimum Gasteiger partial charge on any atom is -0.471 e. The second kappa shape index (κ2) is 6.94. The Morgan fingerprint density at radius 2 is 1.71 bits per heavy atom. The summed E-state index contributed by atoms with van der Waals surface area (Å²) in [6.07, 6.45) is 8.45. The van der Waals surface area contributed by atoms with Crippen LogP contribution >= 0.6 is 0 Å². The molecule has 4 aliphatic rings. The number of carbonyl (C=O) groups is 1. The highest BCUT2D eigenvalue weighted by molar-refractivity contribution is 5.92. The van der Waals surface area contributed by atoms with E-state index in [1.54, 1.807) is 10.7 Å². The molecule has 0 spiro atoms. The Morgan fingerprint density at radius 3 is 2.36 bits per heavy atom. The SMILES string of the molecule is Cc1cc(C)cc(OCn2ccc(C(=O)NC3C4CC5CC(C4)CC3C5)n2)c1. The van der Waals surface area contributed by atoms with Crippen molar-refractivity contribution in [2.24, 2.45) is 23.7 Å². The van der Waals surface area contributed by atoms with Crippen LogP contribution in [-0.2, 0) is 6.73 Å². The number of aryl methyl sites for hydroxylation is 2. The zero-order valence-electron chi connectivity index (χ0n) is 16.7. The summed E-state index contributed by atoms with van der Waals surface area (Å²) in [6.45, 7) is 4.41. The topological polar surface area (TPSA) is 56.1 Å². The highest BCUT2D eigenvalue weighted by Crippen LogP contribution is 2.53. The summed E-state index contributed by atoms with van der Waals surface area (Å²) < 4.78 is 7.53. The van der Waals surface area contributed by atoms with E-state index in [4.69, 9.17) is 4.74 Å². The number of ether oxygens (including phenoxy) is 1. The monoisotopic (exact) mass is 379 g/mol. The maximum atomic E-state index is 12.8. The Hall–Kier alpha value is -2.30. The van der Waals surface area contributed by atoms with Crippen LogP contribution in [-0.4, -0.2) is 21.7 Å². The Bertz CT molecular complexity index is 839. The van der Waals surface area contributed by atoms with Gasteiger partial charge in [-0.25, -0.2) is 4.68 Å². The average molecular weight is 380 g/mol. The number of hydrogen-bond acceptors (Lipinski definition) is 3. The first-order valence-corrected chi connectivity index (χ1v) is 10.6. The molecule has 1 heterocycles.